The van der Waals surface area contributed by atoms with Crippen LogP contribution in [0.25, 0.3) is 33.8 Å². The van der Waals surface area contributed by atoms with Crippen LogP contribution in [0.15, 0.2) is 71.4 Å². The Kier molecular flexibility index (Phi) is 3.59. The Hall–Kier alpha value is -3.34. The Morgan fingerprint density at radius 3 is 2.12 bits per heavy atom. The molecule has 0 radical (unpaired) electrons. The molecule has 4 rings (SSSR count). The van der Waals surface area contributed by atoms with Gasteiger partial charge in [0.25, 0.3) is 5.89 Å². The van der Waals surface area contributed by atoms with Crippen molar-refractivity contribution in [2.75, 3.05) is 0 Å². The molecule has 0 spiro atoms. The smallest absolute Gasteiger partial charge is 0.260 e. The van der Waals surface area contributed by atoms with Crippen molar-refractivity contribution in [3.05, 3.63) is 72.7 Å². The molecule has 0 unspecified atom stereocenters. The van der Waals surface area contributed by atoms with Crippen LogP contribution < -0.4 is 0 Å². The van der Waals surface area contributed by atoms with Crippen LogP contribution in [0.2, 0.25) is 0 Å². The first-order chi connectivity index (χ1) is 11.8. The second-order valence-corrected chi connectivity index (χ2v) is 5.36. The molecule has 4 aromatic rings. The average Bonchev–Trinajstić information content (AvgIpc) is 3.08. The van der Waals surface area contributed by atoms with E-state index in [0.717, 1.165) is 27.9 Å². The zero-order valence-corrected chi connectivity index (χ0v) is 13.0. The molecule has 2 aromatic heterocycles. The van der Waals surface area contributed by atoms with Gasteiger partial charge in [0.05, 0.1) is 11.8 Å². The first-order valence-electron chi connectivity index (χ1n) is 7.60. The van der Waals surface area contributed by atoms with Crippen molar-refractivity contribution >= 4 is 0 Å². The van der Waals surface area contributed by atoms with E-state index < -0.39 is 0 Å². The Bertz CT molecular complexity index is 907. The second-order valence-electron chi connectivity index (χ2n) is 5.36. The van der Waals surface area contributed by atoms with Crippen LogP contribution in [0.3, 0.4) is 0 Å². The molecule has 0 saturated heterocycles. The summed E-state index contributed by atoms with van der Waals surface area (Å²) in [6.07, 6.45) is 1.73. The highest BCUT2D eigenvalue weighted by Crippen LogP contribution is 2.36. The Morgan fingerprint density at radius 1 is 0.833 bits per heavy atom. The van der Waals surface area contributed by atoms with Crippen LogP contribution in [0, 0.1) is 6.92 Å². The molecule has 2 aromatic carbocycles. The molecule has 0 N–H and O–H groups in total. The third-order valence-corrected chi connectivity index (χ3v) is 3.72. The van der Waals surface area contributed by atoms with Crippen LogP contribution in [0.5, 0.6) is 0 Å². The van der Waals surface area contributed by atoms with E-state index in [2.05, 4.69) is 20.3 Å². The third kappa shape index (κ3) is 2.56. The highest BCUT2D eigenvalue weighted by Gasteiger charge is 2.20. The molecule has 0 aliphatic heterocycles. The number of benzene rings is 2. The van der Waals surface area contributed by atoms with Gasteiger partial charge in [-0.15, -0.1) is 5.10 Å². The molecule has 0 bridgehead atoms. The Balaban J connectivity index is 2.02. The molecule has 0 atom stereocenters. The van der Waals surface area contributed by atoms with Crippen LogP contribution >= 0.6 is 0 Å². The molecular weight excluding hydrogens is 300 g/mol. The maximum absolute atomic E-state index is 5.45. The minimum absolute atomic E-state index is 0.445. The van der Waals surface area contributed by atoms with Crippen LogP contribution in [0.1, 0.15) is 5.82 Å². The highest BCUT2D eigenvalue weighted by atomic mass is 16.5. The summed E-state index contributed by atoms with van der Waals surface area (Å²) in [4.78, 5) is 4.41. The molecule has 0 saturated carbocycles. The van der Waals surface area contributed by atoms with Crippen molar-refractivity contribution in [3.8, 4) is 33.8 Å². The minimum Gasteiger partial charge on any atom is -0.334 e. The molecule has 0 aliphatic carbocycles. The fraction of sp³-hybridized carbons (Fsp3) is 0.0526. The number of aromatic nitrogens is 4. The second kappa shape index (κ2) is 6.04. The zero-order chi connectivity index (χ0) is 16.4. The predicted molar refractivity (Wildman–Crippen MR) is 90.9 cm³/mol. The lowest BCUT2D eigenvalue weighted by molar-refractivity contribution is 0.425. The largest absolute Gasteiger partial charge is 0.334 e. The standard InChI is InChI=1S/C19H14N4O/c1-13-21-19(24-23-13)17-16(14-8-4-2-5-9-14)12-20-22-18(17)15-10-6-3-7-11-15/h2-12H,1H3. The van der Waals surface area contributed by atoms with E-state index in [1.165, 1.54) is 0 Å². The highest BCUT2D eigenvalue weighted by molar-refractivity contribution is 5.89. The van der Waals surface area contributed by atoms with Gasteiger partial charge in [-0.25, -0.2) is 0 Å². The molecule has 116 valence electrons. The lowest BCUT2D eigenvalue weighted by atomic mass is 9.97. The van der Waals surface area contributed by atoms with Gasteiger partial charge in [0.1, 0.15) is 5.69 Å². The monoisotopic (exact) mass is 314 g/mol. The summed E-state index contributed by atoms with van der Waals surface area (Å²) in [6.45, 7) is 1.80. The number of hydrogen-bond donors (Lipinski definition) is 0. The normalized spacial score (nSPS) is 10.7. The predicted octanol–water partition coefficient (Wildman–Crippen LogP) is 4.17. The van der Waals surface area contributed by atoms with E-state index in [9.17, 15) is 0 Å². The first kappa shape index (κ1) is 14.3. The summed E-state index contributed by atoms with van der Waals surface area (Å²) < 4.78 is 5.45. The van der Waals surface area contributed by atoms with E-state index in [4.69, 9.17) is 4.52 Å². The topological polar surface area (TPSA) is 64.7 Å². The number of hydrogen-bond acceptors (Lipinski definition) is 5. The quantitative estimate of drug-likeness (QED) is 0.568. The van der Waals surface area contributed by atoms with E-state index in [-0.39, 0.29) is 0 Å². The van der Waals surface area contributed by atoms with E-state index >= 15 is 0 Å². The van der Waals surface area contributed by atoms with Gasteiger partial charge in [-0.2, -0.15) is 10.1 Å². The molecule has 0 amide bonds. The number of rotatable bonds is 3. The zero-order valence-electron chi connectivity index (χ0n) is 13.0. The summed E-state index contributed by atoms with van der Waals surface area (Å²) in [5.41, 5.74) is 4.40. The van der Waals surface area contributed by atoms with Crippen molar-refractivity contribution < 1.29 is 4.52 Å². The third-order valence-electron chi connectivity index (χ3n) is 3.72. The van der Waals surface area contributed by atoms with Crippen LogP contribution in [-0.2, 0) is 0 Å². The van der Waals surface area contributed by atoms with Gasteiger partial charge in [-0.1, -0.05) is 65.8 Å². The summed E-state index contributed by atoms with van der Waals surface area (Å²) in [7, 11) is 0. The van der Waals surface area contributed by atoms with E-state index in [1.807, 2.05) is 60.7 Å². The number of aryl methyl sites for hydroxylation is 1. The summed E-state index contributed by atoms with van der Waals surface area (Å²) >= 11 is 0. The van der Waals surface area contributed by atoms with E-state index in [0.29, 0.717) is 11.7 Å². The fourth-order valence-corrected chi connectivity index (χ4v) is 2.64. The van der Waals surface area contributed by atoms with Gasteiger partial charge in [-0.05, 0) is 12.5 Å². The molecule has 0 fully saturated rings. The van der Waals surface area contributed by atoms with Gasteiger partial charge in [-0.3, -0.25) is 0 Å². The van der Waals surface area contributed by atoms with Crippen molar-refractivity contribution in [3.63, 3.8) is 0 Å². The molecule has 5 heteroatoms. The summed E-state index contributed by atoms with van der Waals surface area (Å²) in [6, 6.07) is 19.9. The van der Waals surface area contributed by atoms with Crippen molar-refractivity contribution in [2.24, 2.45) is 0 Å². The Labute approximate surface area is 139 Å². The fourth-order valence-electron chi connectivity index (χ4n) is 2.64. The lowest BCUT2D eigenvalue weighted by Crippen LogP contribution is -1.96. The van der Waals surface area contributed by atoms with Crippen molar-refractivity contribution in [2.45, 2.75) is 6.92 Å². The van der Waals surface area contributed by atoms with Crippen molar-refractivity contribution in [1.29, 1.82) is 0 Å². The van der Waals surface area contributed by atoms with Gasteiger partial charge in [0.2, 0.25) is 0 Å². The lowest BCUT2D eigenvalue weighted by Gasteiger charge is -2.10. The molecule has 24 heavy (non-hydrogen) atoms. The molecule has 2 heterocycles. The van der Waals surface area contributed by atoms with Gasteiger partial charge in [0.15, 0.2) is 5.82 Å². The average molecular weight is 314 g/mol. The van der Waals surface area contributed by atoms with Crippen LogP contribution in [0.4, 0.5) is 0 Å². The summed E-state index contributed by atoms with van der Waals surface area (Å²) in [5, 5.41) is 12.5. The maximum atomic E-state index is 5.45. The van der Waals surface area contributed by atoms with Gasteiger partial charge < -0.3 is 4.52 Å². The molecular formula is C19H14N4O. The van der Waals surface area contributed by atoms with E-state index in [1.54, 1.807) is 13.1 Å². The van der Waals surface area contributed by atoms with Gasteiger partial charge >= 0.3 is 0 Å². The Morgan fingerprint density at radius 2 is 1.50 bits per heavy atom. The first-order valence-corrected chi connectivity index (χ1v) is 7.60. The van der Waals surface area contributed by atoms with Crippen molar-refractivity contribution in [1.82, 2.24) is 20.3 Å². The molecule has 5 nitrogen and oxygen atoms in total. The summed E-state index contributed by atoms with van der Waals surface area (Å²) in [5.74, 6) is 1.03. The van der Waals surface area contributed by atoms with Crippen LogP contribution in [-0.4, -0.2) is 20.3 Å². The maximum Gasteiger partial charge on any atom is 0.260 e. The van der Waals surface area contributed by atoms with Gasteiger partial charge in [0, 0.05) is 11.1 Å². The molecule has 0 aliphatic rings. The number of nitrogens with zero attached hydrogens (tertiary/aromatic N) is 4. The SMILES string of the molecule is Cc1noc(-c2c(-c3ccccc3)cnnc2-c2ccccc2)n1. The minimum atomic E-state index is 0.445.